The largest absolute Gasteiger partial charge is 0.0610 e. The fourth-order valence-corrected chi connectivity index (χ4v) is 3.76. The summed E-state index contributed by atoms with van der Waals surface area (Å²) in [6.45, 7) is 6.61. The maximum atomic E-state index is 2.35. The van der Waals surface area contributed by atoms with Crippen molar-refractivity contribution in [3.8, 4) is 0 Å². The molecule has 0 fully saturated rings. The van der Waals surface area contributed by atoms with Gasteiger partial charge in [-0.25, -0.2) is 0 Å². The fourth-order valence-electron chi connectivity index (χ4n) is 3.76. The normalized spacial score (nSPS) is 12.8. The van der Waals surface area contributed by atoms with E-state index < -0.39 is 0 Å². The molecule has 4 rings (SSSR count). The molecule has 1 aliphatic rings. The monoisotopic (exact) mass is 270 g/mol. The minimum Gasteiger partial charge on any atom is -0.0610 e. The van der Waals surface area contributed by atoms with Gasteiger partial charge in [-0.1, -0.05) is 54.1 Å². The summed E-state index contributed by atoms with van der Waals surface area (Å²) in [4.78, 5) is 0. The molecule has 1 aliphatic carbocycles. The lowest BCUT2D eigenvalue weighted by Crippen LogP contribution is -1.94. The fraction of sp³-hybridized carbons (Fsp3) is 0.143. The Morgan fingerprint density at radius 2 is 1.43 bits per heavy atom. The Hall–Kier alpha value is -2.34. The highest BCUT2D eigenvalue weighted by Crippen LogP contribution is 2.41. The summed E-state index contributed by atoms with van der Waals surface area (Å²) in [6, 6.07) is 17.8. The van der Waals surface area contributed by atoms with Crippen molar-refractivity contribution in [2.45, 2.75) is 20.8 Å². The number of benzene rings is 3. The van der Waals surface area contributed by atoms with E-state index in [4.69, 9.17) is 0 Å². The summed E-state index contributed by atoms with van der Waals surface area (Å²) in [6.07, 6.45) is 2.35. The molecular weight excluding hydrogens is 252 g/mol. The maximum Gasteiger partial charge on any atom is -0.00324 e. The summed E-state index contributed by atoms with van der Waals surface area (Å²) in [5.41, 5.74) is 9.55. The Balaban J connectivity index is 2.04. The zero-order valence-corrected chi connectivity index (χ0v) is 12.7. The molecule has 0 aromatic heterocycles. The molecule has 3 aromatic carbocycles. The quantitative estimate of drug-likeness (QED) is 0.418. The average Bonchev–Trinajstić information content (AvgIpc) is 2.79. The summed E-state index contributed by atoms with van der Waals surface area (Å²) < 4.78 is 0. The van der Waals surface area contributed by atoms with Crippen LogP contribution < -0.4 is 0 Å². The first-order valence-electron chi connectivity index (χ1n) is 7.47. The second-order valence-electron chi connectivity index (χ2n) is 6.08. The van der Waals surface area contributed by atoms with Crippen LogP contribution in [0, 0.1) is 20.8 Å². The van der Waals surface area contributed by atoms with Gasteiger partial charge in [-0.05, 0) is 71.0 Å². The lowest BCUT2D eigenvalue weighted by Gasteiger charge is -2.14. The van der Waals surface area contributed by atoms with Crippen LogP contribution in [0.3, 0.4) is 0 Å². The second kappa shape index (κ2) is 4.33. The van der Waals surface area contributed by atoms with E-state index in [2.05, 4.69) is 75.4 Å². The molecule has 0 spiro atoms. The third-order valence-electron chi connectivity index (χ3n) is 4.47. The predicted molar refractivity (Wildman–Crippen MR) is 91.6 cm³/mol. The minimum absolute atomic E-state index is 1.33. The van der Waals surface area contributed by atoms with Gasteiger partial charge in [-0.15, -0.1) is 0 Å². The first-order valence-corrected chi connectivity index (χ1v) is 7.47. The number of hydrogen-bond acceptors (Lipinski definition) is 0. The van der Waals surface area contributed by atoms with E-state index in [-0.39, 0.29) is 0 Å². The van der Waals surface area contributed by atoms with Gasteiger partial charge in [0.05, 0.1) is 0 Å². The van der Waals surface area contributed by atoms with Crippen molar-refractivity contribution in [1.29, 1.82) is 0 Å². The molecule has 0 saturated heterocycles. The Kier molecular flexibility index (Phi) is 2.56. The van der Waals surface area contributed by atoms with Crippen LogP contribution in [0.5, 0.6) is 0 Å². The molecule has 0 saturated carbocycles. The van der Waals surface area contributed by atoms with Gasteiger partial charge in [-0.2, -0.15) is 0 Å². The van der Waals surface area contributed by atoms with E-state index in [0.717, 1.165) is 0 Å². The lowest BCUT2D eigenvalue weighted by molar-refractivity contribution is 1.29. The Bertz CT molecular complexity index is 882. The van der Waals surface area contributed by atoms with Gasteiger partial charge in [-0.3, -0.25) is 0 Å². The van der Waals surface area contributed by atoms with E-state index in [1.165, 1.54) is 49.7 Å². The minimum atomic E-state index is 1.33. The van der Waals surface area contributed by atoms with Crippen LogP contribution in [0.1, 0.15) is 33.4 Å². The molecule has 0 atom stereocenters. The molecule has 21 heavy (non-hydrogen) atoms. The summed E-state index contributed by atoms with van der Waals surface area (Å²) >= 11 is 0. The second-order valence-corrected chi connectivity index (χ2v) is 6.08. The van der Waals surface area contributed by atoms with Gasteiger partial charge in [0.2, 0.25) is 0 Å². The van der Waals surface area contributed by atoms with E-state index >= 15 is 0 Å². The van der Waals surface area contributed by atoms with Crippen LogP contribution in [0.25, 0.3) is 22.4 Å². The van der Waals surface area contributed by atoms with Crippen molar-refractivity contribution in [3.63, 3.8) is 0 Å². The molecule has 0 radical (unpaired) electrons. The van der Waals surface area contributed by atoms with E-state index in [9.17, 15) is 0 Å². The van der Waals surface area contributed by atoms with Crippen LogP contribution in [0.15, 0.2) is 48.5 Å². The van der Waals surface area contributed by atoms with Gasteiger partial charge in [0.1, 0.15) is 0 Å². The topological polar surface area (TPSA) is 0 Å². The highest BCUT2D eigenvalue weighted by atomic mass is 14.2. The molecule has 3 aromatic rings. The Morgan fingerprint density at radius 3 is 2.14 bits per heavy atom. The van der Waals surface area contributed by atoms with E-state index in [0.29, 0.717) is 0 Å². The molecule has 0 aliphatic heterocycles. The average molecular weight is 270 g/mol. The maximum absolute atomic E-state index is 2.35. The number of aryl methyl sites for hydroxylation is 3. The Morgan fingerprint density at radius 1 is 0.762 bits per heavy atom. The lowest BCUT2D eigenvalue weighted by atomic mass is 9.90. The third-order valence-corrected chi connectivity index (χ3v) is 4.47. The van der Waals surface area contributed by atoms with Crippen LogP contribution in [-0.2, 0) is 0 Å². The van der Waals surface area contributed by atoms with Gasteiger partial charge >= 0.3 is 0 Å². The predicted octanol–water partition coefficient (Wildman–Crippen LogP) is 5.67. The number of rotatable bonds is 1. The third kappa shape index (κ3) is 1.76. The van der Waals surface area contributed by atoms with Crippen LogP contribution in [-0.4, -0.2) is 0 Å². The van der Waals surface area contributed by atoms with Crippen molar-refractivity contribution in [3.05, 3.63) is 81.9 Å². The molecule has 102 valence electrons. The molecule has 0 nitrogen and oxygen atoms in total. The van der Waals surface area contributed by atoms with Crippen molar-refractivity contribution in [1.82, 2.24) is 0 Å². The van der Waals surface area contributed by atoms with Crippen LogP contribution in [0.2, 0.25) is 0 Å². The first-order chi connectivity index (χ1) is 10.1. The zero-order valence-electron chi connectivity index (χ0n) is 12.7. The van der Waals surface area contributed by atoms with Crippen molar-refractivity contribution < 1.29 is 0 Å². The van der Waals surface area contributed by atoms with Crippen molar-refractivity contribution in [2.75, 3.05) is 0 Å². The first kappa shape index (κ1) is 12.4. The number of hydrogen-bond donors (Lipinski definition) is 0. The highest BCUT2D eigenvalue weighted by Gasteiger charge is 2.19. The van der Waals surface area contributed by atoms with E-state index in [1.54, 1.807) is 0 Å². The van der Waals surface area contributed by atoms with Crippen molar-refractivity contribution in [2.24, 2.45) is 0 Å². The van der Waals surface area contributed by atoms with E-state index in [1.807, 2.05) is 0 Å². The van der Waals surface area contributed by atoms with Gasteiger partial charge in [0.25, 0.3) is 0 Å². The van der Waals surface area contributed by atoms with Crippen molar-refractivity contribution >= 4 is 22.4 Å². The van der Waals surface area contributed by atoms with Gasteiger partial charge in [0, 0.05) is 0 Å². The highest BCUT2D eigenvalue weighted by molar-refractivity contribution is 6.13. The van der Waals surface area contributed by atoms with Crippen LogP contribution >= 0.6 is 0 Å². The van der Waals surface area contributed by atoms with Gasteiger partial charge < -0.3 is 0 Å². The molecule has 0 bridgehead atoms. The molecular formula is C21H18. The molecule has 0 unspecified atom stereocenters. The Labute approximate surface area is 125 Å². The molecule has 0 heterocycles. The zero-order chi connectivity index (χ0) is 14.6. The summed E-state index contributed by atoms with van der Waals surface area (Å²) in [5.74, 6) is 0. The van der Waals surface area contributed by atoms with Gasteiger partial charge in [0.15, 0.2) is 0 Å². The summed E-state index contributed by atoms with van der Waals surface area (Å²) in [5, 5.41) is 2.73. The molecule has 0 N–H and O–H groups in total. The molecule has 0 heteroatoms. The standard InChI is InChI=1S/C21H18/c1-13-10-14(2)20(15(3)11-13)19-12-17-8-4-6-16-7-5-9-18(19)21(16)17/h4-12H,1-3H3. The smallest absolute Gasteiger partial charge is 0.00324 e. The van der Waals surface area contributed by atoms with Crippen LogP contribution in [0.4, 0.5) is 0 Å². The SMILES string of the molecule is Cc1cc(C)c(C2=Cc3cccc4cccc2c34)c(C)c1. The summed E-state index contributed by atoms with van der Waals surface area (Å²) in [7, 11) is 0. The molecule has 0 amide bonds.